The van der Waals surface area contributed by atoms with Crippen LogP contribution in [0.1, 0.15) is 31.8 Å². The molecule has 0 spiro atoms. The Labute approximate surface area is 118 Å². The van der Waals surface area contributed by atoms with E-state index in [0.717, 1.165) is 0 Å². The number of anilines is 2. The molecule has 7 heteroatoms. The molecule has 0 radical (unpaired) electrons. The number of carbonyl (C=O) groups excluding carboxylic acids is 2. The third kappa shape index (κ3) is 1.61. The first kappa shape index (κ1) is 12.8. The Kier molecular flexibility index (Phi) is 2.52. The SMILES string of the molecule is Nc1cc2c(c([N+](=O)[O-])c1N)C(=O)c1ccccc1C2=O. The summed E-state index contributed by atoms with van der Waals surface area (Å²) in [7, 11) is 0. The predicted octanol–water partition coefficient (Wildman–Crippen LogP) is 1.53. The van der Waals surface area contributed by atoms with Crippen LogP contribution < -0.4 is 11.5 Å². The van der Waals surface area contributed by atoms with Crippen molar-refractivity contribution in [3.05, 3.63) is 62.7 Å². The second kappa shape index (κ2) is 4.14. The van der Waals surface area contributed by atoms with Crippen molar-refractivity contribution < 1.29 is 14.5 Å². The van der Waals surface area contributed by atoms with E-state index in [1.165, 1.54) is 18.2 Å². The van der Waals surface area contributed by atoms with E-state index in [4.69, 9.17) is 11.5 Å². The molecule has 0 atom stereocenters. The molecule has 0 unspecified atom stereocenters. The van der Waals surface area contributed by atoms with Crippen molar-refractivity contribution in [3.63, 3.8) is 0 Å². The monoisotopic (exact) mass is 283 g/mol. The minimum Gasteiger partial charge on any atom is -0.397 e. The average Bonchev–Trinajstić information content (AvgIpc) is 2.46. The lowest BCUT2D eigenvalue weighted by Gasteiger charge is -2.18. The van der Waals surface area contributed by atoms with Crippen LogP contribution in [0.5, 0.6) is 0 Å². The fourth-order valence-corrected chi connectivity index (χ4v) is 2.46. The molecule has 0 aliphatic heterocycles. The Bertz CT molecular complexity index is 842. The number of nitrogens with zero attached hydrogens (tertiary/aromatic N) is 1. The fourth-order valence-electron chi connectivity index (χ4n) is 2.46. The molecule has 2 aromatic carbocycles. The molecule has 0 saturated carbocycles. The van der Waals surface area contributed by atoms with Gasteiger partial charge in [0.15, 0.2) is 5.78 Å². The highest BCUT2D eigenvalue weighted by atomic mass is 16.6. The molecule has 4 N–H and O–H groups in total. The maximum absolute atomic E-state index is 12.5. The quantitative estimate of drug-likeness (QED) is 0.396. The summed E-state index contributed by atoms with van der Waals surface area (Å²) < 4.78 is 0. The van der Waals surface area contributed by atoms with E-state index in [9.17, 15) is 19.7 Å². The zero-order chi connectivity index (χ0) is 15.3. The number of ketones is 2. The largest absolute Gasteiger partial charge is 0.397 e. The van der Waals surface area contributed by atoms with Gasteiger partial charge in [-0.05, 0) is 6.07 Å². The minimum absolute atomic E-state index is 0.0860. The Morgan fingerprint density at radius 2 is 1.52 bits per heavy atom. The summed E-state index contributed by atoms with van der Waals surface area (Å²) in [5.41, 5.74) is 10.2. The number of fused-ring (bicyclic) bond motifs is 2. The summed E-state index contributed by atoms with van der Waals surface area (Å²) in [5.74, 6) is -1.08. The molecule has 1 aliphatic carbocycles. The van der Waals surface area contributed by atoms with Gasteiger partial charge in [-0.15, -0.1) is 0 Å². The summed E-state index contributed by atoms with van der Waals surface area (Å²) in [6.45, 7) is 0. The van der Waals surface area contributed by atoms with Gasteiger partial charge in [0.25, 0.3) is 0 Å². The van der Waals surface area contributed by atoms with Crippen LogP contribution in [0.15, 0.2) is 30.3 Å². The third-order valence-electron chi connectivity index (χ3n) is 3.44. The van der Waals surface area contributed by atoms with Crippen LogP contribution in [-0.2, 0) is 0 Å². The summed E-state index contributed by atoms with van der Waals surface area (Å²) in [4.78, 5) is 35.3. The molecule has 0 saturated heterocycles. The first-order chi connectivity index (χ1) is 9.93. The van der Waals surface area contributed by atoms with Crippen LogP contribution in [0, 0.1) is 10.1 Å². The summed E-state index contributed by atoms with van der Waals surface area (Å²) in [6.07, 6.45) is 0. The van der Waals surface area contributed by atoms with Crippen LogP contribution >= 0.6 is 0 Å². The number of rotatable bonds is 1. The number of nitrogens with two attached hydrogens (primary N) is 2. The summed E-state index contributed by atoms with van der Waals surface area (Å²) in [5, 5.41) is 11.2. The topological polar surface area (TPSA) is 129 Å². The molecule has 0 amide bonds. The lowest BCUT2D eigenvalue weighted by atomic mass is 9.82. The van der Waals surface area contributed by atoms with Gasteiger partial charge >= 0.3 is 5.69 Å². The van der Waals surface area contributed by atoms with Crippen LogP contribution in [0.4, 0.5) is 17.1 Å². The molecular weight excluding hydrogens is 274 g/mol. The lowest BCUT2D eigenvalue weighted by Crippen LogP contribution is -2.23. The van der Waals surface area contributed by atoms with Crippen LogP contribution in [0.3, 0.4) is 0 Å². The van der Waals surface area contributed by atoms with Crippen LogP contribution in [-0.4, -0.2) is 16.5 Å². The van der Waals surface area contributed by atoms with E-state index in [1.807, 2.05) is 0 Å². The van der Waals surface area contributed by atoms with E-state index in [2.05, 4.69) is 0 Å². The number of nitrogen functional groups attached to an aromatic ring is 2. The molecular formula is C14H9N3O4. The number of hydrogen-bond acceptors (Lipinski definition) is 6. The smallest absolute Gasteiger partial charge is 0.306 e. The Morgan fingerprint density at radius 3 is 2.10 bits per heavy atom. The number of hydrogen-bond donors (Lipinski definition) is 2. The van der Waals surface area contributed by atoms with Crippen molar-refractivity contribution in [1.29, 1.82) is 0 Å². The second-order valence-electron chi connectivity index (χ2n) is 4.61. The molecule has 21 heavy (non-hydrogen) atoms. The Morgan fingerprint density at radius 1 is 0.952 bits per heavy atom. The zero-order valence-corrected chi connectivity index (χ0v) is 10.6. The van der Waals surface area contributed by atoms with Gasteiger partial charge in [0.1, 0.15) is 11.3 Å². The second-order valence-corrected chi connectivity index (χ2v) is 4.61. The number of benzene rings is 2. The molecule has 0 bridgehead atoms. The average molecular weight is 283 g/mol. The lowest BCUT2D eigenvalue weighted by molar-refractivity contribution is -0.384. The molecule has 0 heterocycles. The minimum atomic E-state index is -0.788. The molecule has 3 rings (SSSR count). The van der Waals surface area contributed by atoms with Gasteiger partial charge in [-0.2, -0.15) is 0 Å². The molecule has 104 valence electrons. The van der Waals surface area contributed by atoms with Crippen molar-refractivity contribution in [2.75, 3.05) is 11.5 Å². The van der Waals surface area contributed by atoms with Crippen LogP contribution in [0.2, 0.25) is 0 Å². The van der Waals surface area contributed by atoms with E-state index in [-0.39, 0.29) is 33.6 Å². The van der Waals surface area contributed by atoms with Crippen molar-refractivity contribution in [2.24, 2.45) is 0 Å². The standard InChI is InChI=1S/C14H9N3O4/c15-9-5-8-10(12(11(9)16)17(20)21)14(19)7-4-2-1-3-6(7)13(8)18/h1-5H,15-16H2. The molecule has 0 fully saturated rings. The van der Waals surface area contributed by atoms with Gasteiger partial charge in [-0.25, -0.2) is 0 Å². The van der Waals surface area contributed by atoms with Crippen molar-refractivity contribution in [3.8, 4) is 0 Å². The summed E-state index contributed by atoms with van der Waals surface area (Å²) in [6, 6.07) is 7.37. The van der Waals surface area contributed by atoms with E-state index < -0.39 is 22.2 Å². The predicted molar refractivity (Wildman–Crippen MR) is 75.2 cm³/mol. The molecule has 7 nitrogen and oxygen atoms in total. The van der Waals surface area contributed by atoms with Gasteiger partial charge in [-0.3, -0.25) is 19.7 Å². The van der Waals surface area contributed by atoms with E-state index in [0.29, 0.717) is 0 Å². The maximum Gasteiger partial charge on any atom is 0.306 e. The van der Waals surface area contributed by atoms with Gasteiger partial charge in [0, 0.05) is 16.7 Å². The Hall–Kier alpha value is -3.22. The van der Waals surface area contributed by atoms with Crippen molar-refractivity contribution in [1.82, 2.24) is 0 Å². The maximum atomic E-state index is 12.5. The van der Waals surface area contributed by atoms with Gasteiger partial charge in [-0.1, -0.05) is 24.3 Å². The highest BCUT2D eigenvalue weighted by molar-refractivity contribution is 6.30. The highest BCUT2D eigenvalue weighted by Crippen LogP contribution is 2.39. The Balaban J connectivity index is 2.43. The van der Waals surface area contributed by atoms with Gasteiger partial charge < -0.3 is 11.5 Å². The fraction of sp³-hybridized carbons (Fsp3) is 0. The van der Waals surface area contributed by atoms with E-state index in [1.54, 1.807) is 12.1 Å². The first-order valence-electron chi connectivity index (χ1n) is 5.98. The first-order valence-corrected chi connectivity index (χ1v) is 5.98. The van der Waals surface area contributed by atoms with Gasteiger partial charge in [0.2, 0.25) is 5.78 Å². The summed E-state index contributed by atoms with van der Waals surface area (Å²) >= 11 is 0. The number of carbonyl (C=O) groups is 2. The zero-order valence-electron chi connectivity index (χ0n) is 10.6. The van der Waals surface area contributed by atoms with Crippen LogP contribution in [0.25, 0.3) is 0 Å². The highest BCUT2D eigenvalue weighted by Gasteiger charge is 2.37. The molecule has 2 aromatic rings. The number of nitro benzene ring substituents is 1. The van der Waals surface area contributed by atoms with Crippen molar-refractivity contribution in [2.45, 2.75) is 0 Å². The molecule has 0 aromatic heterocycles. The molecule has 1 aliphatic rings. The van der Waals surface area contributed by atoms with E-state index >= 15 is 0 Å². The normalized spacial score (nSPS) is 12.8. The van der Waals surface area contributed by atoms with Gasteiger partial charge in [0.05, 0.1) is 10.6 Å². The third-order valence-corrected chi connectivity index (χ3v) is 3.44. The van der Waals surface area contributed by atoms with Crippen molar-refractivity contribution >= 4 is 28.6 Å². The number of nitro groups is 1.